The third-order valence-corrected chi connectivity index (χ3v) is 3.79. The van der Waals surface area contributed by atoms with Gasteiger partial charge in [-0.25, -0.2) is 4.98 Å². The molecule has 0 saturated heterocycles. The molecule has 2 unspecified atom stereocenters. The number of hydrogen-bond acceptors (Lipinski definition) is 5. The van der Waals surface area contributed by atoms with Crippen molar-refractivity contribution in [1.29, 1.82) is 0 Å². The van der Waals surface area contributed by atoms with Gasteiger partial charge in [-0.05, 0) is 6.42 Å². The van der Waals surface area contributed by atoms with Crippen LogP contribution in [0.3, 0.4) is 0 Å². The van der Waals surface area contributed by atoms with Gasteiger partial charge in [-0.2, -0.15) is 0 Å². The number of nitrogens with zero attached hydrogens (tertiary/aromatic N) is 1. The van der Waals surface area contributed by atoms with E-state index in [9.17, 15) is 9.00 Å². The molecule has 1 heterocycles. The van der Waals surface area contributed by atoms with Crippen LogP contribution in [0.4, 0.5) is 5.82 Å². The van der Waals surface area contributed by atoms with Crippen molar-refractivity contribution < 1.29 is 8.95 Å². The molecule has 0 bridgehead atoms. The summed E-state index contributed by atoms with van der Waals surface area (Å²) >= 11 is 0. The average molecular weight is 259 g/mol. The van der Waals surface area contributed by atoms with E-state index in [1.807, 2.05) is 6.92 Å². The third-order valence-electron chi connectivity index (χ3n) is 2.42. The van der Waals surface area contributed by atoms with Crippen molar-refractivity contribution in [3.05, 3.63) is 16.7 Å². The first-order valence-corrected chi connectivity index (χ1v) is 6.86. The van der Waals surface area contributed by atoms with Gasteiger partial charge < -0.3 is 15.0 Å². The molecule has 7 heteroatoms. The number of hydrogen-bond donors (Lipinski definition) is 2. The fraction of sp³-hybridized carbons (Fsp3) is 0.600. The normalized spacial score (nSPS) is 14.1. The number of methoxy groups -OCH3 is 1. The Morgan fingerprint density at radius 1 is 1.65 bits per heavy atom. The van der Waals surface area contributed by atoms with Crippen LogP contribution in [0.2, 0.25) is 0 Å². The van der Waals surface area contributed by atoms with Gasteiger partial charge in [-0.1, -0.05) is 6.92 Å². The van der Waals surface area contributed by atoms with Crippen molar-refractivity contribution in [1.82, 2.24) is 9.97 Å². The molecule has 96 valence electrons. The summed E-state index contributed by atoms with van der Waals surface area (Å²) in [7, 11) is 0.579. The molecule has 2 atom stereocenters. The van der Waals surface area contributed by atoms with Gasteiger partial charge in [0.25, 0.3) is 5.56 Å². The standard InChI is InChI=1S/C10H17N3O3S/c1-7(17(3)15)4-5-11-9-8(16-2)10(14)13-6-12-9/h6-7H,4-5H2,1-3H3,(H2,11,12,13,14). The Morgan fingerprint density at radius 3 is 2.94 bits per heavy atom. The molecular formula is C10H17N3O3S. The Labute approximate surface area is 102 Å². The second-order valence-corrected chi connectivity index (χ2v) is 5.44. The molecular weight excluding hydrogens is 242 g/mol. The topological polar surface area (TPSA) is 84.1 Å². The highest BCUT2D eigenvalue weighted by Gasteiger charge is 2.10. The fourth-order valence-corrected chi connectivity index (χ4v) is 1.71. The second-order valence-electron chi connectivity index (χ2n) is 3.64. The first kappa shape index (κ1) is 13.7. The number of aromatic nitrogens is 2. The molecule has 0 aromatic carbocycles. The van der Waals surface area contributed by atoms with Crippen molar-refractivity contribution >= 4 is 16.6 Å². The highest BCUT2D eigenvalue weighted by atomic mass is 32.2. The van der Waals surface area contributed by atoms with Crippen molar-refractivity contribution in [2.24, 2.45) is 0 Å². The van der Waals surface area contributed by atoms with Gasteiger partial charge in [-0.3, -0.25) is 9.00 Å². The first-order valence-electron chi connectivity index (χ1n) is 5.24. The van der Waals surface area contributed by atoms with E-state index in [4.69, 9.17) is 4.74 Å². The summed E-state index contributed by atoms with van der Waals surface area (Å²) in [6.45, 7) is 2.51. The molecule has 1 aromatic heterocycles. The summed E-state index contributed by atoms with van der Waals surface area (Å²) in [5.41, 5.74) is -0.322. The average Bonchev–Trinajstić information content (AvgIpc) is 2.29. The Balaban J connectivity index is 2.61. The Hall–Kier alpha value is -1.37. The van der Waals surface area contributed by atoms with Gasteiger partial charge >= 0.3 is 0 Å². The second kappa shape index (κ2) is 6.39. The molecule has 17 heavy (non-hydrogen) atoms. The Kier molecular flexibility index (Phi) is 5.14. The number of rotatable bonds is 6. The minimum absolute atomic E-state index is 0.107. The lowest BCUT2D eigenvalue weighted by Crippen LogP contribution is -2.18. The fourth-order valence-electron chi connectivity index (χ4n) is 1.26. The third kappa shape index (κ3) is 3.85. The van der Waals surface area contributed by atoms with E-state index in [0.717, 1.165) is 6.42 Å². The van der Waals surface area contributed by atoms with Gasteiger partial charge in [0, 0.05) is 28.9 Å². The molecule has 2 N–H and O–H groups in total. The lowest BCUT2D eigenvalue weighted by molar-refractivity contribution is 0.408. The Morgan fingerprint density at radius 2 is 2.35 bits per heavy atom. The first-order chi connectivity index (χ1) is 8.06. The molecule has 0 saturated carbocycles. The monoisotopic (exact) mass is 259 g/mol. The maximum absolute atomic E-state index is 11.4. The zero-order valence-electron chi connectivity index (χ0n) is 10.1. The minimum atomic E-state index is -0.839. The summed E-state index contributed by atoms with van der Waals surface area (Å²) in [5, 5.41) is 3.11. The largest absolute Gasteiger partial charge is 0.489 e. The van der Waals surface area contributed by atoms with Crippen LogP contribution in [-0.2, 0) is 10.8 Å². The van der Waals surface area contributed by atoms with Crippen LogP contribution in [0.25, 0.3) is 0 Å². The zero-order chi connectivity index (χ0) is 12.8. The van der Waals surface area contributed by atoms with E-state index >= 15 is 0 Å². The van der Waals surface area contributed by atoms with E-state index in [1.165, 1.54) is 13.4 Å². The highest BCUT2D eigenvalue weighted by Crippen LogP contribution is 2.14. The molecule has 0 fully saturated rings. The Bertz CT molecular complexity index is 447. The van der Waals surface area contributed by atoms with Crippen molar-refractivity contribution in [3.8, 4) is 5.75 Å². The van der Waals surface area contributed by atoms with E-state index < -0.39 is 10.8 Å². The van der Waals surface area contributed by atoms with E-state index in [0.29, 0.717) is 12.4 Å². The number of H-pyrrole nitrogens is 1. The molecule has 1 rings (SSSR count). The number of aromatic amines is 1. The maximum atomic E-state index is 11.4. The summed E-state index contributed by atoms with van der Waals surface area (Å²) in [5.74, 6) is 0.572. The van der Waals surface area contributed by atoms with E-state index in [-0.39, 0.29) is 16.6 Å². The maximum Gasteiger partial charge on any atom is 0.295 e. The smallest absolute Gasteiger partial charge is 0.295 e. The number of nitrogens with one attached hydrogen (secondary N) is 2. The van der Waals surface area contributed by atoms with Crippen LogP contribution in [0.1, 0.15) is 13.3 Å². The van der Waals surface area contributed by atoms with E-state index in [1.54, 1.807) is 6.26 Å². The van der Waals surface area contributed by atoms with Crippen LogP contribution in [-0.4, -0.2) is 39.3 Å². The SMILES string of the molecule is COc1c(NCCC(C)S(C)=O)nc[nH]c1=O. The highest BCUT2D eigenvalue weighted by molar-refractivity contribution is 7.84. The lowest BCUT2D eigenvalue weighted by Gasteiger charge is -2.11. The quantitative estimate of drug-likeness (QED) is 0.770. The number of anilines is 1. The predicted molar refractivity (Wildman–Crippen MR) is 68.0 cm³/mol. The molecule has 6 nitrogen and oxygen atoms in total. The van der Waals surface area contributed by atoms with Crippen molar-refractivity contribution in [2.45, 2.75) is 18.6 Å². The molecule has 0 aliphatic heterocycles. The van der Waals surface area contributed by atoms with Crippen molar-refractivity contribution in [3.63, 3.8) is 0 Å². The molecule has 0 spiro atoms. The van der Waals surface area contributed by atoms with Gasteiger partial charge in [0.15, 0.2) is 5.82 Å². The lowest BCUT2D eigenvalue weighted by atomic mass is 10.3. The molecule has 0 amide bonds. The molecule has 1 aromatic rings. The summed E-state index contributed by atoms with van der Waals surface area (Å²) < 4.78 is 16.1. The van der Waals surface area contributed by atoms with Gasteiger partial charge in [0.2, 0.25) is 5.75 Å². The number of ether oxygens (including phenoxy) is 1. The molecule has 0 aliphatic carbocycles. The summed E-state index contributed by atoms with van der Waals surface area (Å²) in [6.07, 6.45) is 3.73. The van der Waals surface area contributed by atoms with Crippen LogP contribution in [0, 0.1) is 0 Å². The van der Waals surface area contributed by atoms with Gasteiger partial charge in [0.05, 0.1) is 13.4 Å². The van der Waals surface area contributed by atoms with Gasteiger partial charge in [-0.15, -0.1) is 0 Å². The van der Waals surface area contributed by atoms with Crippen LogP contribution in [0.5, 0.6) is 5.75 Å². The van der Waals surface area contributed by atoms with Crippen LogP contribution >= 0.6 is 0 Å². The van der Waals surface area contributed by atoms with E-state index in [2.05, 4.69) is 15.3 Å². The van der Waals surface area contributed by atoms with Crippen LogP contribution < -0.4 is 15.6 Å². The van der Waals surface area contributed by atoms with Crippen molar-refractivity contribution in [2.75, 3.05) is 25.2 Å². The zero-order valence-corrected chi connectivity index (χ0v) is 11.0. The summed E-state index contributed by atoms with van der Waals surface area (Å²) in [4.78, 5) is 17.8. The molecule has 0 radical (unpaired) electrons. The summed E-state index contributed by atoms with van der Waals surface area (Å²) in [6, 6.07) is 0. The minimum Gasteiger partial charge on any atom is -0.489 e. The molecule has 0 aliphatic rings. The van der Waals surface area contributed by atoms with Crippen LogP contribution in [0.15, 0.2) is 11.1 Å². The van der Waals surface area contributed by atoms with Gasteiger partial charge in [0.1, 0.15) is 0 Å². The predicted octanol–water partition coefficient (Wildman–Crippen LogP) is 0.347.